The number of fused-ring (bicyclic) bond motifs is 2. The first kappa shape index (κ1) is 20.7. The summed E-state index contributed by atoms with van der Waals surface area (Å²) in [4.78, 5) is 35.3. The second-order valence-electron chi connectivity index (χ2n) is 6.95. The molecule has 3 aromatic heterocycles. The molecule has 0 saturated carbocycles. The lowest BCUT2D eigenvalue weighted by atomic mass is 10.2. The lowest BCUT2D eigenvalue weighted by Gasteiger charge is -2.19. The summed E-state index contributed by atoms with van der Waals surface area (Å²) in [7, 11) is 0. The first-order chi connectivity index (χ1) is 15.5. The normalized spacial score (nSPS) is 11.2. The van der Waals surface area contributed by atoms with Gasteiger partial charge in [0.15, 0.2) is 5.13 Å². The Morgan fingerprint density at radius 3 is 2.75 bits per heavy atom. The van der Waals surface area contributed by atoms with Crippen LogP contribution in [0.15, 0.2) is 71.5 Å². The van der Waals surface area contributed by atoms with E-state index < -0.39 is 4.92 Å². The van der Waals surface area contributed by atoms with Crippen molar-refractivity contribution < 1.29 is 9.72 Å². The molecule has 5 rings (SSSR count). The fraction of sp³-hybridized carbons (Fsp3) is 0.0455. The van der Waals surface area contributed by atoms with Gasteiger partial charge in [0.2, 0.25) is 0 Å². The van der Waals surface area contributed by atoms with Gasteiger partial charge >= 0.3 is 0 Å². The number of halogens is 1. The number of nitro benzene ring substituents is 1. The van der Waals surface area contributed by atoms with E-state index in [1.165, 1.54) is 34.8 Å². The lowest BCUT2D eigenvalue weighted by molar-refractivity contribution is -0.384. The summed E-state index contributed by atoms with van der Waals surface area (Å²) in [5, 5.41) is 12.4. The van der Waals surface area contributed by atoms with Crippen LogP contribution in [0.4, 0.5) is 10.8 Å². The third-order valence-corrected chi connectivity index (χ3v) is 7.44. The van der Waals surface area contributed by atoms with Crippen molar-refractivity contribution in [3.05, 3.63) is 92.0 Å². The largest absolute Gasteiger partial charge is 0.279 e. The maximum Gasteiger partial charge on any atom is 0.270 e. The number of anilines is 1. The Morgan fingerprint density at radius 2 is 1.97 bits per heavy atom. The number of carbonyl (C=O) groups is 1. The molecule has 0 aliphatic rings. The predicted molar refractivity (Wildman–Crippen MR) is 131 cm³/mol. The number of pyridine rings is 1. The van der Waals surface area contributed by atoms with Gasteiger partial charge in [0.1, 0.15) is 0 Å². The van der Waals surface area contributed by atoms with Gasteiger partial charge in [-0.3, -0.25) is 24.8 Å². The van der Waals surface area contributed by atoms with Crippen LogP contribution in [-0.4, -0.2) is 20.8 Å². The molecule has 0 bridgehead atoms. The van der Waals surface area contributed by atoms with Gasteiger partial charge < -0.3 is 0 Å². The van der Waals surface area contributed by atoms with Gasteiger partial charge in [0, 0.05) is 39.1 Å². The number of thiophene rings is 1. The van der Waals surface area contributed by atoms with Crippen LogP contribution in [0.5, 0.6) is 0 Å². The van der Waals surface area contributed by atoms with E-state index in [0.29, 0.717) is 21.9 Å². The number of nitro groups is 1. The van der Waals surface area contributed by atoms with Crippen molar-refractivity contribution in [2.75, 3.05) is 4.90 Å². The maximum absolute atomic E-state index is 13.6. The highest BCUT2D eigenvalue weighted by Crippen LogP contribution is 2.35. The summed E-state index contributed by atoms with van der Waals surface area (Å²) < 4.78 is 2.72. The molecule has 0 spiro atoms. The highest BCUT2D eigenvalue weighted by atomic mass is 79.9. The van der Waals surface area contributed by atoms with E-state index in [4.69, 9.17) is 0 Å². The lowest BCUT2D eigenvalue weighted by Crippen LogP contribution is -2.29. The summed E-state index contributed by atoms with van der Waals surface area (Å²) in [5.74, 6) is -0.212. The number of carbonyl (C=O) groups excluding carboxylic acids is 1. The van der Waals surface area contributed by atoms with E-state index in [1.807, 2.05) is 30.3 Å². The summed E-state index contributed by atoms with van der Waals surface area (Å²) in [6.07, 6.45) is 3.41. The minimum Gasteiger partial charge on any atom is -0.279 e. The molecule has 0 radical (unpaired) electrons. The van der Waals surface area contributed by atoms with Gasteiger partial charge in [-0.15, -0.1) is 11.3 Å². The van der Waals surface area contributed by atoms with E-state index in [2.05, 4.69) is 25.9 Å². The molecule has 0 atom stereocenters. The molecule has 0 aliphatic carbocycles. The number of aromatic nitrogens is 2. The van der Waals surface area contributed by atoms with Crippen LogP contribution in [0, 0.1) is 10.1 Å². The van der Waals surface area contributed by atoms with Crippen molar-refractivity contribution in [1.29, 1.82) is 0 Å². The second-order valence-corrected chi connectivity index (χ2v) is 9.96. The van der Waals surface area contributed by atoms with Crippen LogP contribution in [0.1, 0.15) is 15.2 Å². The Bertz CT molecular complexity index is 1480. The zero-order chi connectivity index (χ0) is 22.2. The quantitative estimate of drug-likeness (QED) is 0.195. The fourth-order valence-corrected chi connectivity index (χ4v) is 5.79. The zero-order valence-electron chi connectivity index (χ0n) is 16.3. The second kappa shape index (κ2) is 8.38. The van der Waals surface area contributed by atoms with Gasteiger partial charge in [0.25, 0.3) is 11.6 Å². The Balaban J connectivity index is 1.58. The fourth-order valence-electron chi connectivity index (χ4n) is 3.29. The van der Waals surface area contributed by atoms with E-state index in [-0.39, 0.29) is 11.6 Å². The predicted octanol–water partition coefficient (Wildman–Crippen LogP) is 6.42. The van der Waals surface area contributed by atoms with Gasteiger partial charge in [-0.2, -0.15) is 0 Å². The van der Waals surface area contributed by atoms with Crippen LogP contribution in [0.25, 0.3) is 20.3 Å². The van der Waals surface area contributed by atoms with Crippen LogP contribution >= 0.6 is 38.6 Å². The topological polar surface area (TPSA) is 89.2 Å². The average Bonchev–Trinajstić information content (AvgIpc) is 3.40. The Labute approximate surface area is 198 Å². The third kappa shape index (κ3) is 3.99. The van der Waals surface area contributed by atoms with Gasteiger partial charge in [-0.25, -0.2) is 4.98 Å². The minimum atomic E-state index is -0.438. The molecule has 0 unspecified atom stereocenters. The van der Waals surface area contributed by atoms with Crippen molar-refractivity contribution >= 4 is 75.6 Å². The SMILES string of the molecule is O=C(c1cc2cc([N+](=O)[O-])ccc2s1)N(Cc1cccnc1)c1nc2ccc(Br)cc2s1. The van der Waals surface area contributed by atoms with E-state index in [1.54, 1.807) is 29.4 Å². The number of thiazole rings is 1. The third-order valence-electron chi connectivity index (χ3n) is 4.80. The Kier molecular flexibility index (Phi) is 5.41. The van der Waals surface area contributed by atoms with Crippen molar-refractivity contribution in [3.63, 3.8) is 0 Å². The number of rotatable bonds is 5. The van der Waals surface area contributed by atoms with Gasteiger partial charge in [0.05, 0.1) is 26.6 Å². The summed E-state index contributed by atoms with van der Waals surface area (Å²) in [6, 6.07) is 15.8. The molecule has 5 aromatic rings. The Hall–Kier alpha value is -3.21. The highest BCUT2D eigenvalue weighted by Gasteiger charge is 2.24. The number of hydrogen-bond acceptors (Lipinski definition) is 7. The van der Waals surface area contributed by atoms with Crippen molar-refractivity contribution in [2.24, 2.45) is 0 Å². The first-order valence-electron chi connectivity index (χ1n) is 9.43. The molecule has 0 N–H and O–H groups in total. The van der Waals surface area contributed by atoms with E-state index in [0.717, 1.165) is 25.0 Å². The van der Waals surface area contributed by atoms with Crippen LogP contribution in [-0.2, 0) is 6.54 Å². The number of non-ortho nitro benzene ring substituents is 1. The van der Waals surface area contributed by atoms with Crippen LogP contribution in [0.3, 0.4) is 0 Å². The highest BCUT2D eigenvalue weighted by molar-refractivity contribution is 9.10. The molecule has 2 aromatic carbocycles. The standard InChI is InChI=1S/C22H13BrN4O3S2/c23-15-3-5-17-19(10-15)32-22(25-17)26(12-13-2-1-7-24-11-13)21(28)20-9-14-8-16(27(29)30)4-6-18(14)31-20/h1-11H,12H2. The molecule has 0 aliphatic heterocycles. The van der Waals surface area contributed by atoms with Crippen molar-refractivity contribution in [1.82, 2.24) is 9.97 Å². The zero-order valence-corrected chi connectivity index (χ0v) is 19.5. The molecule has 0 saturated heterocycles. The average molecular weight is 525 g/mol. The number of nitrogens with zero attached hydrogens (tertiary/aromatic N) is 4. The molecule has 158 valence electrons. The molecule has 0 fully saturated rings. The summed E-state index contributed by atoms with van der Waals surface area (Å²) in [6.45, 7) is 0.308. The monoisotopic (exact) mass is 524 g/mol. The number of hydrogen-bond donors (Lipinski definition) is 0. The first-order valence-corrected chi connectivity index (χ1v) is 11.9. The smallest absolute Gasteiger partial charge is 0.270 e. The van der Waals surface area contributed by atoms with Crippen molar-refractivity contribution in [2.45, 2.75) is 6.54 Å². The molecule has 7 nitrogen and oxygen atoms in total. The maximum atomic E-state index is 13.6. The minimum absolute atomic E-state index is 0.00161. The molecular weight excluding hydrogens is 512 g/mol. The number of amides is 1. The molecule has 3 heterocycles. The molecule has 32 heavy (non-hydrogen) atoms. The van der Waals surface area contributed by atoms with E-state index in [9.17, 15) is 14.9 Å². The van der Waals surface area contributed by atoms with Crippen LogP contribution < -0.4 is 4.90 Å². The summed E-state index contributed by atoms with van der Waals surface area (Å²) >= 11 is 6.22. The van der Waals surface area contributed by atoms with Crippen LogP contribution in [0.2, 0.25) is 0 Å². The number of benzene rings is 2. The molecule has 10 heteroatoms. The Morgan fingerprint density at radius 1 is 1.09 bits per heavy atom. The molecular formula is C22H13BrN4O3S2. The van der Waals surface area contributed by atoms with Gasteiger partial charge in [-0.05, 0) is 42.0 Å². The molecule has 1 amide bonds. The van der Waals surface area contributed by atoms with E-state index >= 15 is 0 Å². The van der Waals surface area contributed by atoms with Crippen molar-refractivity contribution in [3.8, 4) is 0 Å². The summed E-state index contributed by atoms with van der Waals surface area (Å²) in [5.41, 5.74) is 1.68. The van der Waals surface area contributed by atoms with Gasteiger partial charge in [-0.1, -0.05) is 33.3 Å².